The molecule has 0 spiro atoms. The summed E-state index contributed by atoms with van der Waals surface area (Å²) in [6.45, 7) is 0. The predicted molar refractivity (Wildman–Crippen MR) is 114 cm³/mol. The number of aromatic nitrogens is 4. The summed E-state index contributed by atoms with van der Waals surface area (Å²) in [6, 6.07) is 11.2. The number of rotatable bonds is 3. The van der Waals surface area contributed by atoms with Crippen LogP contribution in [0.15, 0.2) is 36.4 Å². The number of benzene rings is 2. The lowest BCUT2D eigenvalue weighted by atomic mass is 9.86. The number of amides is 1. The number of nitrogens with two attached hydrogens (primary N) is 2. The van der Waals surface area contributed by atoms with Crippen molar-refractivity contribution in [2.75, 3.05) is 5.73 Å². The van der Waals surface area contributed by atoms with Gasteiger partial charge >= 0.3 is 0 Å². The minimum absolute atomic E-state index is 0.00548. The zero-order valence-corrected chi connectivity index (χ0v) is 16.5. The van der Waals surface area contributed by atoms with Crippen molar-refractivity contribution in [1.82, 2.24) is 20.2 Å². The normalized spacial score (nSPS) is 16.7. The Kier molecular flexibility index (Phi) is 4.35. The highest BCUT2D eigenvalue weighted by Crippen LogP contribution is 2.40. The van der Waals surface area contributed by atoms with Crippen LogP contribution in [0.1, 0.15) is 47.9 Å². The summed E-state index contributed by atoms with van der Waals surface area (Å²) in [4.78, 5) is 19.5. The van der Waals surface area contributed by atoms with Crippen molar-refractivity contribution >= 4 is 33.5 Å². The fourth-order valence-electron chi connectivity index (χ4n) is 4.27. The van der Waals surface area contributed by atoms with E-state index in [4.69, 9.17) is 11.5 Å². The van der Waals surface area contributed by atoms with Crippen LogP contribution in [-0.4, -0.2) is 32.0 Å². The van der Waals surface area contributed by atoms with Gasteiger partial charge in [-0.2, -0.15) is 0 Å². The fourth-order valence-corrected chi connectivity index (χ4v) is 4.27. The zero-order valence-electron chi connectivity index (χ0n) is 16.5. The third-order valence-electron chi connectivity index (χ3n) is 5.98. The van der Waals surface area contributed by atoms with Crippen LogP contribution in [0.5, 0.6) is 0 Å². The molecule has 31 heavy (non-hydrogen) atoms. The number of imidazole rings is 1. The number of fused-ring (bicyclic) bond motifs is 2. The van der Waals surface area contributed by atoms with Gasteiger partial charge in [-0.25, -0.2) is 13.8 Å². The lowest BCUT2D eigenvalue weighted by Crippen LogP contribution is -2.24. The molecule has 0 radical (unpaired) electrons. The van der Waals surface area contributed by atoms with Gasteiger partial charge < -0.3 is 16.5 Å². The Morgan fingerprint density at radius 2 is 1.90 bits per heavy atom. The molecule has 0 unspecified atom stereocenters. The Morgan fingerprint density at radius 3 is 2.65 bits per heavy atom. The number of carbonyl (C=O) groups is 1. The molecule has 2 aromatic heterocycles. The molecule has 9 heteroatoms. The number of anilines is 1. The van der Waals surface area contributed by atoms with Crippen molar-refractivity contribution in [3.05, 3.63) is 47.9 Å². The lowest BCUT2D eigenvalue weighted by Gasteiger charge is -2.26. The number of primary amides is 1. The second kappa shape index (κ2) is 6.97. The summed E-state index contributed by atoms with van der Waals surface area (Å²) in [5.74, 6) is -2.55. The Bertz CT molecular complexity index is 1320. The van der Waals surface area contributed by atoms with E-state index in [1.54, 1.807) is 6.07 Å². The third-order valence-corrected chi connectivity index (χ3v) is 5.98. The molecular weight excluding hydrogens is 402 g/mol. The van der Waals surface area contributed by atoms with Crippen molar-refractivity contribution in [2.24, 2.45) is 5.73 Å². The van der Waals surface area contributed by atoms with Gasteiger partial charge in [0.25, 0.3) is 5.91 Å². The number of nitrogens with zero attached hydrogens (tertiary/aromatic N) is 3. The molecule has 0 atom stereocenters. The van der Waals surface area contributed by atoms with E-state index in [1.807, 2.05) is 30.3 Å². The maximum absolute atomic E-state index is 13.5. The monoisotopic (exact) mass is 422 g/mol. The summed E-state index contributed by atoms with van der Waals surface area (Å²) in [5, 5.41) is 8.68. The van der Waals surface area contributed by atoms with Gasteiger partial charge in [0.1, 0.15) is 11.3 Å². The summed E-state index contributed by atoms with van der Waals surface area (Å²) in [5.41, 5.74) is 15.4. The molecule has 2 heterocycles. The van der Waals surface area contributed by atoms with Crippen molar-refractivity contribution in [3.8, 4) is 11.1 Å². The van der Waals surface area contributed by atoms with E-state index in [1.165, 1.54) is 0 Å². The summed E-state index contributed by atoms with van der Waals surface area (Å²) in [6.07, 6.45) is 0.618. The Labute approximate surface area is 175 Å². The number of aromatic amines is 1. The largest absolute Gasteiger partial charge is 0.396 e. The second-order valence-electron chi connectivity index (χ2n) is 8.01. The van der Waals surface area contributed by atoms with E-state index in [0.717, 1.165) is 28.0 Å². The number of nitrogen functional groups attached to an aromatic ring is 1. The van der Waals surface area contributed by atoms with Crippen LogP contribution in [0.2, 0.25) is 0 Å². The van der Waals surface area contributed by atoms with E-state index < -0.39 is 11.8 Å². The van der Waals surface area contributed by atoms with Gasteiger partial charge in [-0.3, -0.25) is 4.79 Å². The summed E-state index contributed by atoms with van der Waals surface area (Å²) < 4.78 is 27.0. The number of hydrogen-bond donors (Lipinski definition) is 3. The van der Waals surface area contributed by atoms with Crippen molar-refractivity contribution in [2.45, 2.75) is 37.5 Å². The quantitative estimate of drug-likeness (QED) is 0.458. The molecule has 7 nitrogen and oxygen atoms in total. The first-order valence-corrected chi connectivity index (χ1v) is 10.0. The zero-order chi connectivity index (χ0) is 21.8. The average Bonchev–Trinajstić information content (AvgIpc) is 3.16. The van der Waals surface area contributed by atoms with Crippen LogP contribution >= 0.6 is 0 Å². The lowest BCUT2D eigenvalue weighted by molar-refractivity contribution is -0.0387. The number of carbonyl (C=O) groups excluding carboxylic acids is 1. The number of nitrogens with one attached hydrogen (secondary N) is 1. The van der Waals surface area contributed by atoms with Gasteiger partial charge in [0.05, 0.1) is 16.7 Å². The smallest absolute Gasteiger partial charge is 0.271 e. The fraction of sp³-hybridized carbons (Fsp3) is 0.273. The minimum Gasteiger partial charge on any atom is -0.396 e. The van der Waals surface area contributed by atoms with Crippen LogP contribution in [0, 0.1) is 0 Å². The molecule has 0 bridgehead atoms. The molecule has 2 aromatic carbocycles. The van der Waals surface area contributed by atoms with E-state index in [0.29, 0.717) is 23.7 Å². The molecule has 0 aliphatic heterocycles. The Balaban J connectivity index is 1.55. The van der Waals surface area contributed by atoms with Crippen molar-refractivity contribution in [3.63, 3.8) is 0 Å². The van der Waals surface area contributed by atoms with Crippen LogP contribution in [-0.2, 0) is 0 Å². The third kappa shape index (κ3) is 3.35. The topological polar surface area (TPSA) is 124 Å². The van der Waals surface area contributed by atoms with Gasteiger partial charge in [-0.1, -0.05) is 24.3 Å². The number of alkyl halides is 2. The highest BCUT2D eigenvalue weighted by Gasteiger charge is 2.36. The minimum atomic E-state index is -2.57. The molecule has 1 aliphatic rings. The first-order valence-electron chi connectivity index (χ1n) is 10.0. The van der Waals surface area contributed by atoms with Crippen LogP contribution in [0.3, 0.4) is 0 Å². The molecule has 4 aromatic rings. The van der Waals surface area contributed by atoms with Crippen LogP contribution in [0.4, 0.5) is 14.5 Å². The molecule has 5 N–H and O–H groups in total. The van der Waals surface area contributed by atoms with Crippen molar-refractivity contribution in [1.29, 1.82) is 0 Å². The molecule has 1 amide bonds. The van der Waals surface area contributed by atoms with Crippen LogP contribution in [0.25, 0.3) is 33.1 Å². The predicted octanol–water partition coefficient (Wildman–Crippen LogP) is 4.15. The van der Waals surface area contributed by atoms with Gasteiger partial charge in [0, 0.05) is 29.7 Å². The SMILES string of the molecule is NC(=O)c1nnc2c(-c3ccc4nc(C5CCC(F)(F)CC5)[nH]c4c3)cccc2c1N. The highest BCUT2D eigenvalue weighted by molar-refractivity contribution is 6.07. The number of halogens is 2. The van der Waals surface area contributed by atoms with E-state index in [-0.39, 0.29) is 30.1 Å². The van der Waals surface area contributed by atoms with E-state index in [9.17, 15) is 13.6 Å². The van der Waals surface area contributed by atoms with Crippen molar-refractivity contribution < 1.29 is 13.6 Å². The average molecular weight is 422 g/mol. The summed E-state index contributed by atoms with van der Waals surface area (Å²) in [7, 11) is 0. The first-order chi connectivity index (χ1) is 14.8. The Morgan fingerprint density at radius 1 is 1.13 bits per heavy atom. The second-order valence-corrected chi connectivity index (χ2v) is 8.01. The van der Waals surface area contributed by atoms with Crippen LogP contribution < -0.4 is 11.5 Å². The molecule has 1 fully saturated rings. The van der Waals surface area contributed by atoms with Gasteiger partial charge in [-0.05, 0) is 30.5 Å². The molecule has 158 valence electrons. The number of hydrogen-bond acceptors (Lipinski definition) is 5. The van der Waals surface area contributed by atoms with Gasteiger partial charge in [-0.15, -0.1) is 10.2 Å². The molecule has 5 rings (SSSR count). The number of H-pyrrole nitrogens is 1. The molecular formula is C22H20F2N6O. The maximum Gasteiger partial charge on any atom is 0.271 e. The highest BCUT2D eigenvalue weighted by atomic mass is 19.3. The molecule has 1 saturated carbocycles. The van der Waals surface area contributed by atoms with Gasteiger partial charge in [0.15, 0.2) is 5.69 Å². The molecule has 0 saturated heterocycles. The van der Waals surface area contributed by atoms with Gasteiger partial charge in [0.2, 0.25) is 5.92 Å². The van der Waals surface area contributed by atoms with E-state index in [2.05, 4.69) is 20.2 Å². The van der Waals surface area contributed by atoms with E-state index >= 15 is 0 Å². The Hall–Kier alpha value is -3.62. The maximum atomic E-state index is 13.5. The molecule has 1 aliphatic carbocycles. The summed E-state index contributed by atoms with van der Waals surface area (Å²) >= 11 is 0. The standard InChI is InChI=1S/C22H20F2N6O/c23-22(24)8-6-11(7-9-22)21-27-15-5-4-12(10-16(15)28-21)13-2-1-3-14-17(25)19(20(26)31)30-29-18(13)14/h1-5,10-11H,6-9H2,(H2,25,29)(H2,26,31)(H,27,28). The first kappa shape index (κ1) is 19.3.